The molecule has 1 saturated carbocycles. The zero-order valence-corrected chi connectivity index (χ0v) is 19.0. The molecule has 0 spiro atoms. The molecule has 0 bridgehead atoms. The molecule has 1 aliphatic carbocycles. The zero-order chi connectivity index (χ0) is 22.5. The van der Waals surface area contributed by atoms with Gasteiger partial charge in [-0.2, -0.15) is 0 Å². The van der Waals surface area contributed by atoms with Crippen molar-refractivity contribution >= 4 is 41.4 Å². The molecule has 1 aromatic carbocycles. The van der Waals surface area contributed by atoms with Gasteiger partial charge >= 0.3 is 0 Å². The lowest BCUT2D eigenvalue weighted by atomic mass is 9.81. The normalized spacial score (nSPS) is 17.7. The molecule has 2 aliphatic rings. The van der Waals surface area contributed by atoms with Crippen LogP contribution in [0.3, 0.4) is 0 Å². The number of hydrogen-bond donors (Lipinski definition) is 3. The highest BCUT2D eigenvalue weighted by Gasteiger charge is 2.52. The van der Waals surface area contributed by atoms with E-state index in [1.54, 1.807) is 17.0 Å². The molecule has 3 rings (SSSR count). The van der Waals surface area contributed by atoms with E-state index in [2.05, 4.69) is 10.6 Å². The third-order valence-corrected chi connectivity index (χ3v) is 6.36. The van der Waals surface area contributed by atoms with Crippen LogP contribution in [0.25, 0.3) is 0 Å². The number of aliphatic hydroxyl groups is 1. The number of aliphatic hydroxyl groups excluding tert-OH is 1. The second kappa shape index (κ2) is 10.5. The number of halogens is 2. The van der Waals surface area contributed by atoms with Crippen LogP contribution in [-0.2, 0) is 27.5 Å². The fourth-order valence-electron chi connectivity index (χ4n) is 4.01. The maximum Gasteiger partial charge on any atom is 0.245 e. The first-order chi connectivity index (χ1) is 14.4. The number of hydrogen-bond acceptors (Lipinski definition) is 4. The van der Waals surface area contributed by atoms with Crippen molar-refractivity contribution in [3.63, 3.8) is 0 Å². The Kier molecular flexibility index (Phi) is 8.52. The highest BCUT2D eigenvalue weighted by molar-refractivity contribution is 6.42. The van der Waals surface area contributed by atoms with Gasteiger partial charge in [0, 0.05) is 20.1 Å². The predicted molar refractivity (Wildman–Crippen MR) is 116 cm³/mol. The summed E-state index contributed by atoms with van der Waals surface area (Å²) in [6, 6.07) is 3.49. The van der Waals surface area contributed by atoms with Crippen molar-refractivity contribution in [3.8, 4) is 0 Å². The van der Waals surface area contributed by atoms with Crippen molar-refractivity contribution in [2.75, 3.05) is 13.7 Å². The molecule has 1 aromatic rings. The molecule has 2 unspecified atom stereocenters. The van der Waals surface area contributed by atoms with Gasteiger partial charge in [0.25, 0.3) is 0 Å². The zero-order valence-electron chi connectivity index (χ0n) is 17.5. The highest BCUT2D eigenvalue weighted by atomic mass is 35.5. The van der Waals surface area contributed by atoms with Gasteiger partial charge in [-0.1, -0.05) is 37.0 Å². The maximum absolute atomic E-state index is 13.1. The first-order valence-electron chi connectivity index (χ1n) is 10.2. The van der Waals surface area contributed by atoms with Crippen LogP contribution >= 0.6 is 23.2 Å². The van der Waals surface area contributed by atoms with Gasteiger partial charge in [0.05, 0.1) is 22.6 Å². The molecule has 1 heterocycles. The average molecular weight is 458 g/mol. The van der Waals surface area contributed by atoms with E-state index in [1.807, 2.05) is 13.8 Å². The van der Waals surface area contributed by atoms with Crippen LogP contribution in [-0.4, -0.2) is 47.4 Å². The van der Waals surface area contributed by atoms with Crippen LogP contribution in [0.2, 0.25) is 10.0 Å². The summed E-state index contributed by atoms with van der Waals surface area (Å²) in [4.78, 5) is 38.5. The Labute approximate surface area is 187 Å². The van der Waals surface area contributed by atoms with Gasteiger partial charge in [-0.25, -0.2) is 0 Å². The topological polar surface area (TPSA) is 98.7 Å². The van der Waals surface area contributed by atoms with Gasteiger partial charge in [-0.3, -0.25) is 14.4 Å². The summed E-state index contributed by atoms with van der Waals surface area (Å²) < 4.78 is 0. The first-order valence-corrected chi connectivity index (χ1v) is 10.9. The van der Waals surface area contributed by atoms with E-state index in [1.165, 1.54) is 7.05 Å². The fraction of sp³-hybridized carbons (Fsp3) is 0.571. The molecule has 7 nitrogen and oxygen atoms in total. The number of nitrogens with zero attached hydrogens (tertiary/aromatic N) is 1. The van der Waals surface area contributed by atoms with Gasteiger partial charge in [0.2, 0.25) is 18.2 Å². The van der Waals surface area contributed by atoms with Crippen molar-refractivity contribution in [1.29, 1.82) is 0 Å². The SMILES string of the molecule is CC.CNC(=O)C(CC(CO)C(=O)N1Cc2cc(Cl)c(Cl)cc2C1)(NC=O)C1CC1. The van der Waals surface area contributed by atoms with Crippen molar-refractivity contribution in [2.45, 2.75) is 51.7 Å². The van der Waals surface area contributed by atoms with Crippen molar-refractivity contribution in [1.82, 2.24) is 15.5 Å². The summed E-state index contributed by atoms with van der Waals surface area (Å²) in [6.07, 6.45) is 2.10. The molecule has 0 radical (unpaired) electrons. The lowest BCUT2D eigenvalue weighted by Gasteiger charge is -2.35. The quantitative estimate of drug-likeness (QED) is 0.522. The van der Waals surface area contributed by atoms with E-state index in [-0.39, 0.29) is 24.2 Å². The van der Waals surface area contributed by atoms with Crippen LogP contribution in [0.1, 0.15) is 44.2 Å². The summed E-state index contributed by atoms with van der Waals surface area (Å²) in [6.45, 7) is 4.30. The van der Waals surface area contributed by atoms with Gasteiger partial charge in [0.15, 0.2) is 0 Å². The lowest BCUT2D eigenvalue weighted by Crippen LogP contribution is -2.59. The van der Waals surface area contributed by atoms with Crippen LogP contribution < -0.4 is 10.6 Å². The molecule has 3 N–H and O–H groups in total. The number of rotatable bonds is 8. The minimum atomic E-state index is -1.20. The van der Waals surface area contributed by atoms with E-state index in [4.69, 9.17) is 23.2 Å². The molecule has 9 heteroatoms. The fourth-order valence-corrected chi connectivity index (χ4v) is 4.39. The van der Waals surface area contributed by atoms with E-state index in [9.17, 15) is 19.5 Å². The largest absolute Gasteiger partial charge is 0.396 e. The summed E-state index contributed by atoms with van der Waals surface area (Å²) in [5.74, 6) is -1.48. The second-order valence-electron chi connectivity index (χ2n) is 7.40. The van der Waals surface area contributed by atoms with Crippen LogP contribution in [0.15, 0.2) is 12.1 Å². The molecule has 30 heavy (non-hydrogen) atoms. The summed E-state index contributed by atoms with van der Waals surface area (Å²) in [5.41, 5.74) is 0.620. The first kappa shape index (κ1) is 24.4. The molecule has 1 aliphatic heterocycles. The molecule has 2 atom stereocenters. The third kappa shape index (κ3) is 4.90. The Hall–Kier alpha value is -1.83. The van der Waals surface area contributed by atoms with Gasteiger partial charge in [-0.05, 0) is 48.4 Å². The number of carbonyl (C=O) groups excluding carboxylic acids is 3. The minimum Gasteiger partial charge on any atom is -0.396 e. The number of benzene rings is 1. The molecular formula is C21H29Cl2N3O4. The molecule has 3 amide bonds. The summed E-state index contributed by atoms with van der Waals surface area (Å²) >= 11 is 12.1. The van der Waals surface area contributed by atoms with Crippen molar-refractivity contribution in [2.24, 2.45) is 11.8 Å². The molecule has 0 saturated heterocycles. The Bertz CT molecular complexity index is 770. The number of carbonyl (C=O) groups is 3. The Balaban J connectivity index is 0.00000155. The van der Waals surface area contributed by atoms with Gasteiger partial charge < -0.3 is 20.6 Å². The maximum atomic E-state index is 13.1. The van der Waals surface area contributed by atoms with E-state index >= 15 is 0 Å². The molecule has 166 valence electrons. The number of likely N-dealkylation sites (N-methyl/N-ethyl adjacent to an activating group) is 1. The van der Waals surface area contributed by atoms with Crippen LogP contribution in [0, 0.1) is 11.8 Å². The number of fused-ring (bicyclic) bond motifs is 1. The molecule has 1 fully saturated rings. The average Bonchev–Trinajstić information content (AvgIpc) is 3.53. The summed E-state index contributed by atoms with van der Waals surface area (Å²) in [7, 11) is 1.49. The van der Waals surface area contributed by atoms with Crippen molar-refractivity contribution in [3.05, 3.63) is 33.3 Å². The van der Waals surface area contributed by atoms with E-state index < -0.39 is 18.1 Å². The summed E-state index contributed by atoms with van der Waals surface area (Å²) in [5, 5.41) is 16.0. The number of amides is 3. The Morgan fingerprint density at radius 2 is 1.77 bits per heavy atom. The van der Waals surface area contributed by atoms with E-state index in [0.29, 0.717) is 29.5 Å². The standard InChI is InChI=1S/C19H23Cl2N3O4.C2H6/c1-22-18(28)19(23-10-26,14-2-3-14)6-13(9-25)17(27)24-7-11-4-15(20)16(21)5-12(11)8-24;1-2/h4-5,10,13-14,25H,2-3,6-9H2,1H3,(H,22,28)(H,23,26);1-2H3. The third-order valence-electron chi connectivity index (χ3n) is 5.64. The Morgan fingerprint density at radius 1 is 1.23 bits per heavy atom. The predicted octanol–water partition coefficient (Wildman–Crippen LogP) is 2.50. The van der Waals surface area contributed by atoms with Crippen LogP contribution in [0.4, 0.5) is 0 Å². The van der Waals surface area contributed by atoms with Gasteiger partial charge in [-0.15, -0.1) is 0 Å². The highest BCUT2D eigenvalue weighted by Crippen LogP contribution is 2.43. The Morgan fingerprint density at radius 3 is 2.17 bits per heavy atom. The van der Waals surface area contributed by atoms with E-state index in [0.717, 1.165) is 24.0 Å². The molecular weight excluding hydrogens is 429 g/mol. The lowest BCUT2D eigenvalue weighted by molar-refractivity contribution is -0.141. The van der Waals surface area contributed by atoms with Crippen molar-refractivity contribution < 1.29 is 19.5 Å². The second-order valence-corrected chi connectivity index (χ2v) is 8.21. The van der Waals surface area contributed by atoms with Crippen LogP contribution in [0.5, 0.6) is 0 Å². The monoisotopic (exact) mass is 457 g/mol. The smallest absolute Gasteiger partial charge is 0.245 e. The minimum absolute atomic E-state index is 0.0414. The molecule has 0 aromatic heterocycles. The number of nitrogens with one attached hydrogen (secondary N) is 2. The van der Waals surface area contributed by atoms with Gasteiger partial charge in [0.1, 0.15) is 5.54 Å².